The number of fused-ring (bicyclic) bond motifs is 3. The lowest BCUT2D eigenvalue weighted by Gasteiger charge is -2.20. The summed E-state index contributed by atoms with van der Waals surface area (Å²) in [6.07, 6.45) is 3.04. The van der Waals surface area contributed by atoms with Crippen molar-refractivity contribution in [2.75, 3.05) is 11.7 Å². The Morgan fingerprint density at radius 1 is 1.43 bits per heavy atom. The van der Waals surface area contributed by atoms with E-state index in [-0.39, 0.29) is 30.9 Å². The maximum Gasteiger partial charge on any atom is 0.345 e. The smallest absolute Gasteiger partial charge is 0.345 e. The van der Waals surface area contributed by atoms with Gasteiger partial charge in [-0.15, -0.1) is 0 Å². The summed E-state index contributed by atoms with van der Waals surface area (Å²) in [5.41, 5.74) is 1.26. The lowest BCUT2D eigenvalue weighted by Crippen LogP contribution is -2.37. The van der Waals surface area contributed by atoms with Crippen molar-refractivity contribution in [2.45, 2.75) is 13.0 Å². The molecule has 4 aromatic heterocycles. The number of H-pyrrole nitrogens is 1. The fraction of sp³-hybridized carbons (Fsp3) is 0.235. The van der Waals surface area contributed by atoms with Gasteiger partial charge in [-0.1, -0.05) is 0 Å². The van der Waals surface area contributed by atoms with Crippen LogP contribution in [0, 0.1) is 0 Å². The van der Waals surface area contributed by atoms with E-state index in [1.54, 1.807) is 30.0 Å². The summed E-state index contributed by atoms with van der Waals surface area (Å²) in [4.78, 5) is 33.3. The molecule has 0 saturated heterocycles. The Morgan fingerprint density at radius 2 is 2.27 bits per heavy atom. The van der Waals surface area contributed by atoms with Crippen molar-refractivity contribution in [2.24, 2.45) is 17.9 Å². The zero-order chi connectivity index (χ0) is 21.0. The van der Waals surface area contributed by atoms with Crippen LogP contribution in [-0.4, -0.2) is 52.4 Å². The van der Waals surface area contributed by atoms with Crippen molar-refractivity contribution < 1.29 is 14.3 Å². The van der Waals surface area contributed by atoms with Gasteiger partial charge in [0.1, 0.15) is 23.6 Å². The molecule has 5 rings (SSSR count). The summed E-state index contributed by atoms with van der Waals surface area (Å²) in [6.45, 7) is 0.382. The van der Waals surface area contributed by atoms with Gasteiger partial charge >= 0.3 is 11.7 Å². The number of aliphatic imine (C=N–C) groups is 1. The zero-order valence-electron chi connectivity index (χ0n) is 15.8. The molecule has 30 heavy (non-hydrogen) atoms. The molecule has 1 aliphatic heterocycles. The first-order valence-electron chi connectivity index (χ1n) is 9.02. The van der Waals surface area contributed by atoms with E-state index in [0.29, 0.717) is 34.5 Å². The van der Waals surface area contributed by atoms with Crippen molar-refractivity contribution in [3.8, 4) is 0 Å². The summed E-state index contributed by atoms with van der Waals surface area (Å²) < 4.78 is 9.99. The SMILES string of the molecule is Cn1c(=O)n(CCc2[nH]ncc2C(=O)O)c2nc3c(n21)C(c1ccco1)=NCN3N. The predicted molar refractivity (Wildman–Crippen MR) is 104 cm³/mol. The van der Waals surface area contributed by atoms with Crippen LogP contribution in [0.25, 0.3) is 5.78 Å². The van der Waals surface area contributed by atoms with Crippen molar-refractivity contribution in [1.82, 2.24) is 28.9 Å². The Morgan fingerprint density at radius 3 is 3.00 bits per heavy atom. The number of hydrogen-bond acceptors (Lipinski definition) is 8. The minimum Gasteiger partial charge on any atom is -0.478 e. The topological polar surface area (TPSA) is 165 Å². The van der Waals surface area contributed by atoms with Gasteiger partial charge in [-0.25, -0.2) is 24.6 Å². The third-order valence-electron chi connectivity index (χ3n) is 5.03. The standard InChI is InChI=1S/C17H17N9O4/c1-23-17(29)24(5-4-10-9(15(27)28)7-20-22-10)16-21-14-13(26(16)23)12(19-8-25(14)18)11-3-2-6-30-11/h2-3,6-7H,4-5,8,18H2,1H3,(H,20,22)(H,27,28). The van der Waals surface area contributed by atoms with E-state index in [4.69, 9.17) is 10.3 Å². The third-order valence-corrected chi connectivity index (χ3v) is 5.03. The number of anilines is 1. The Hall–Kier alpha value is -4.13. The number of carbonyl (C=O) groups is 1. The molecule has 0 saturated carbocycles. The summed E-state index contributed by atoms with van der Waals surface area (Å²) in [5, 5.41) is 17.1. The number of nitrogens with zero attached hydrogens (tertiary/aromatic N) is 7. The molecule has 0 spiro atoms. The largest absolute Gasteiger partial charge is 0.478 e. The molecule has 0 aliphatic carbocycles. The highest BCUT2D eigenvalue weighted by Gasteiger charge is 2.31. The van der Waals surface area contributed by atoms with Crippen LogP contribution in [0.1, 0.15) is 27.5 Å². The molecule has 0 bridgehead atoms. The monoisotopic (exact) mass is 411 g/mol. The number of aromatic carboxylic acids is 1. The molecule has 154 valence electrons. The highest BCUT2D eigenvalue weighted by atomic mass is 16.4. The second kappa shape index (κ2) is 6.45. The number of aromatic amines is 1. The van der Waals surface area contributed by atoms with E-state index < -0.39 is 5.97 Å². The van der Waals surface area contributed by atoms with E-state index in [0.717, 1.165) is 0 Å². The van der Waals surface area contributed by atoms with Crippen LogP contribution in [0.5, 0.6) is 0 Å². The summed E-state index contributed by atoms with van der Waals surface area (Å²) in [7, 11) is 1.61. The quantitative estimate of drug-likeness (QED) is 0.373. The molecule has 0 radical (unpaired) electrons. The Balaban J connectivity index is 1.62. The maximum absolute atomic E-state index is 12.9. The maximum atomic E-state index is 12.9. The van der Waals surface area contributed by atoms with Gasteiger partial charge in [0.15, 0.2) is 11.6 Å². The molecule has 13 heteroatoms. The number of nitrogens with one attached hydrogen (secondary N) is 1. The Labute approximate surface area is 167 Å². The van der Waals surface area contributed by atoms with Gasteiger partial charge in [-0.3, -0.25) is 19.7 Å². The molecule has 1 aliphatic rings. The molecular weight excluding hydrogens is 394 g/mol. The average Bonchev–Trinajstić information content (AvgIpc) is 3.49. The number of nitrogens with two attached hydrogens (primary N) is 1. The van der Waals surface area contributed by atoms with Crippen LogP contribution < -0.4 is 16.5 Å². The molecular formula is C17H17N9O4. The van der Waals surface area contributed by atoms with Crippen molar-refractivity contribution in [3.63, 3.8) is 0 Å². The molecule has 0 amide bonds. The summed E-state index contributed by atoms with van der Waals surface area (Å²) in [5.74, 6) is 6.35. The second-order valence-corrected chi connectivity index (χ2v) is 6.77. The fourth-order valence-electron chi connectivity index (χ4n) is 3.60. The zero-order valence-corrected chi connectivity index (χ0v) is 15.8. The highest BCUT2D eigenvalue weighted by Crippen LogP contribution is 2.27. The van der Waals surface area contributed by atoms with E-state index >= 15 is 0 Å². The third kappa shape index (κ3) is 2.49. The lowest BCUT2D eigenvalue weighted by molar-refractivity contribution is 0.0695. The Bertz CT molecular complexity index is 1350. The summed E-state index contributed by atoms with van der Waals surface area (Å²) in [6, 6.07) is 3.52. The second-order valence-electron chi connectivity index (χ2n) is 6.77. The highest BCUT2D eigenvalue weighted by molar-refractivity contribution is 6.14. The molecule has 0 fully saturated rings. The van der Waals surface area contributed by atoms with E-state index in [1.807, 2.05) is 0 Å². The van der Waals surface area contributed by atoms with Gasteiger partial charge < -0.3 is 9.52 Å². The minimum atomic E-state index is -1.08. The summed E-state index contributed by atoms with van der Waals surface area (Å²) >= 11 is 0. The molecule has 5 heterocycles. The number of aryl methyl sites for hydroxylation is 3. The lowest BCUT2D eigenvalue weighted by atomic mass is 10.2. The molecule has 13 nitrogen and oxygen atoms in total. The molecule has 0 unspecified atom stereocenters. The number of hydrazine groups is 1. The van der Waals surface area contributed by atoms with E-state index in [2.05, 4.69) is 20.2 Å². The van der Waals surface area contributed by atoms with Gasteiger partial charge in [0, 0.05) is 20.0 Å². The molecule has 0 atom stereocenters. The van der Waals surface area contributed by atoms with Crippen molar-refractivity contribution >= 4 is 23.3 Å². The first kappa shape index (κ1) is 17.9. The minimum absolute atomic E-state index is 0.0676. The van der Waals surface area contributed by atoms with Crippen LogP contribution in [0.2, 0.25) is 0 Å². The van der Waals surface area contributed by atoms with Crippen LogP contribution in [0.4, 0.5) is 5.82 Å². The van der Waals surface area contributed by atoms with Crippen molar-refractivity contribution in [3.05, 3.63) is 57.8 Å². The number of carboxylic acids is 1. The molecule has 4 N–H and O–H groups in total. The van der Waals surface area contributed by atoms with Gasteiger partial charge in [0.2, 0.25) is 5.78 Å². The first-order valence-corrected chi connectivity index (χ1v) is 9.02. The van der Waals surface area contributed by atoms with Crippen molar-refractivity contribution in [1.29, 1.82) is 0 Å². The predicted octanol–water partition coefficient (Wildman–Crippen LogP) is -0.420. The number of aromatic nitrogens is 6. The van der Waals surface area contributed by atoms with E-state index in [1.165, 1.54) is 20.5 Å². The number of furan rings is 1. The number of carboxylic acid groups (broad SMARTS) is 1. The van der Waals surface area contributed by atoms with Gasteiger partial charge in [-0.2, -0.15) is 10.1 Å². The normalized spacial score (nSPS) is 13.7. The first-order chi connectivity index (χ1) is 14.5. The number of imidazole rings is 1. The molecule has 0 aromatic carbocycles. The fourth-order valence-corrected chi connectivity index (χ4v) is 3.60. The average molecular weight is 411 g/mol. The Kier molecular flexibility index (Phi) is 3.86. The van der Waals surface area contributed by atoms with Crippen LogP contribution >= 0.6 is 0 Å². The van der Waals surface area contributed by atoms with Crippen LogP contribution in [-0.2, 0) is 20.0 Å². The number of hydrogen-bond donors (Lipinski definition) is 3. The van der Waals surface area contributed by atoms with Gasteiger partial charge in [0.25, 0.3) is 0 Å². The van der Waals surface area contributed by atoms with Crippen LogP contribution in [0.3, 0.4) is 0 Å². The molecule has 4 aromatic rings. The van der Waals surface area contributed by atoms with Crippen LogP contribution in [0.15, 0.2) is 38.8 Å². The van der Waals surface area contributed by atoms with Gasteiger partial charge in [-0.05, 0) is 12.1 Å². The van der Waals surface area contributed by atoms with E-state index in [9.17, 15) is 14.7 Å². The van der Waals surface area contributed by atoms with Gasteiger partial charge in [0.05, 0.1) is 18.2 Å². The number of rotatable bonds is 5.